The fourth-order valence-electron chi connectivity index (χ4n) is 2.80. The largest absolute Gasteiger partial charge is 0.383 e. The van der Waals surface area contributed by atoms with Crippen LogP contribution in [0, 0.1) is 0 Å². The van der Waals surface area contributed by atoms with Crippen molar-refractivity contribution in [1.82, 2.24) is 4.90 Å². The first-order valence-electron chi connectivity index (χ1n) is 9.82. The van der Waals surface area contributed by atoms with Crippen molar-refractivity contribution in [2.24, 2.45) is 0 Å². The fraction of sp³-hybridized carbons (Fsp3) is 0.409. The molecular formula is C22H30N2O4S. The Hall–Kier alpha value is -2.54. The van der Waals surface area contributed by atoms with Gasteiger partial charge in [-0.1, -0.05) is 51.5 Å². The van der Waals surface area contributed by atoms with E-state index >= 15 is 0 Å². The van der Waals surface area contributed by atoms with Gasteiger partial charge in [0.2, 0.25) is 0 Å². The molecule has 1 N–H and O–H groups in total. The summed E-state index contributed by atoms with van der Waals surface area (Å²) in [5.41, 5.74) is 2.88. The van der Waals surface area contributed by atoms with E-state index in [-0.39, 0.29) is 11.8 Å². The molecule has 0 saturated carbocycles. The summed E-state index contributed by atoms with van der Waals surface area (Å²) >= 11 is 0. The SMILES string of the molecule is CCCCN(Cc1ccc(OS(C)(=O)=O)cc1)C(=O)Nc1ccc(C(C)C)cc1. The molecule has 0 unspecified atom stereocenters. The van der Waals surface area contributed by atoms with Crippen molar-refractivity contribution in [3.8, 4) is 5.75 Å². The normalized spacial score (nSPS) is 11.3. The van der Waals surface area contributed by atoms with Gasteiger partial charge in [0.05, 0.1) is 6.26 Å². The van der Waals surface area contributed by atoms with Gasteiger partial charge in [-0.3, -0.25) is 0 Å². The number of amides is 2. The maximum Gasteiger partial charge on any atom is 0.322 e. The van der Waals surface area contributed by atoms with Crippen LogP contribution in [0.15, 0.2) is 48.5 Å². The fourth-order valence-corrected chi connectivity index (χ4v) is 3.26. The minimum Gasteiger partial charge on any atom is -0.383 e. The lowest BCUT2D eigenvalue weighted by atomic mass is 10.0. The van der Waals surface area contributed by atoms with E-state index in [0.29, 0.717) is 19.0 Å². The van der Waals surface area contributed by atoms with Gasteiger partial charge in [-0.15, -0.1) is 0 Å². The van der Waals surface area contributed by atoms with Crippen LogP contribution in [0.2, 0.25) is 0 Å². The van der Waals surface area contributed by atoms with Gasteiger partial charge in [0.15, 0.2) is 0 Å². The van der Waals surface area contributed by atoms with Gasteiger partial charge in [0, 0.05) is 18.8 Å². The van der Waals surface area contributed by atoms with Crippen LogP contribution < -0.4 is 9.50 Å². The summed E-state index contributed by atoms with van der Waals surface area (Å²) in [4.78, 5) is 14.6. The standard InChI is InChI=1S/C22H30N2O4S/c1-5-6-15-24(16-18-7-13-21(14-8-18)28-29(4,26)27)22(25)23-20-11-9-19(10-12-20)17(2)3/h7-14,17H,5-6,15-16H2,1-4H3,(H,23,25). The Morgan fingerprint density at radius 1 is 1.07 bits per heavy atom. The molecule has 2 amide bonds. The van der Waals surface area contributed by atoms with Crippen LogP contribution in [0.4, 0.5) is 10.5 Å². The molecule has 0 radical (unpaired) electrons. The van der Waals surface area contributed by atoms with E-state index in [4.69, 9.17) is 4.18 Å². The summed E-state index contributed by atoms with van der Waals surface area (Å²) in [5.74, 6) is 0.696. The second kappa shape index (κ2) is 10.3. The van der Waals surface area contributed by atoms with Crippen molar-refractivity contribution >= 4 is 21.8 Å². The van der Waals surface area contributed by atoms with E-state index in [0.717, 1.165) is 30.3 Å². The smallest absolute Gasteiger partial charge is 0.322 e. The minimum atomic E-state index is -3.56. The predicted molar refractivity (Wildman–Crippen MR) is 117 cm³/mol. The summed E-state index contributed by atoms with van der Waals surface area (Å²) in [5, 5.41) is 2.96. The van der Waals surface area contributed by atoms with E-state index in [1.54, 1.807) is 29.2 Å². The van der Waals surface area contributed by atoms with Crippen LogP contribution in [0.5, 0.6) is 5.75 Å². The average Bonchev–Trinajstić information content (AvgIpc) is 2.65. The first-order valence-corrected chi connectivity index (χ1v) is 11.6. The molecular weight excluding hydrogens is 388 g/mol. The Balaban J connectivity index is 2.06. The zero-order chi connectivity index (χ0) is 21.4. The van der Waals surface area contributed by atoms with Crippen LogP contribution in [0.1, 0.15) is 50.7 Å². The Morgan fingerprint density at radius 2 is 1.69 bits per heavy atom. The van der Waals surface area contributed by atoms with E-state index < -0.39 is 10.1 Å². The van der Waals surface area contributed by atoms with Gasteiger partial charge >= 0.3 is 16.1 Å². The molecule has 0 aliphatic carbocycles. The van der Waals surface area contributed by atoms with Crippen LogP contribution in [0.25, 0.3) is 0 Å². The first kappa shape index (κ1) is 22.7. The number of urea groups is 1. The van der Waals surface area contributed by atoms with Crippen LogP contribution >= 0.6 is 0 Å². The Kier molecular flexibility index (Phi) is 8.08. The third-order valence-corrected chi connectivity index (χ3v) is 4.94. The predicted octanol–water partition coefficient (Wildman–Crippen LogP) is 4.98. The Labute approximate surface area is 174 Å². The number of rotatable bonds is 9. The summed E-state index contributed by atoms with van der Waals surface area (Å²) in [6.45, 7) is 7.40. The lowest BCUT2D eigenvalue weighted by Crippen LogP contribution is -2.35. The summed E-state index contributed by atoms with van der Waals surface area (Å²) in [7, 11) is -3.56. The van der Waals surface area contributed by atoms with E-state index in [1.807, 2.05) is 24.3 Å². The number of unbranched alkanes of at least 4 members (excludes halogenated alkanes) is 1. The molecule has 0 atom stereocenters. The van der Waals surface area contributed by atoms with E-state index in [1.165, 1.54) is 5.56 Å². The third-order valence-electron chi connectivity index (χ3n) is 4.44. The molecule has 0 bridgehead atoms. The van der Waals surface area contributed by atoms with Gasteiger partial charge in [-0.25, -0.2) is 4.79 Å². The number of carbonyl (C=O) groups is 1. The molecule has 158 valence electrons. The molecule has 2 rings (SSSR count). The molecule has 0 saturated heterocycles. The molecule has 29 heavy (non-hydrogen) atoms. The topological polar surface area (TPSA) is 75.7 Å². The first-order chi connectivity index (χ1) is 13.7. The highest BCUT2D eigenvalue weighted by Crippen LogP contribution is 2.19. The highest BCUT2D eigenvalue weighted by Gasteiger charge is 2.14. The number of carbonyl (C=O) groups excluding carboxylic acids is 1. The van der Waals surface area contributed by atoms with Crippen molar-refractivity contribution in [3.05, 3.63) is 59.7 Å². The van der Waals surface area contributed by atoms with Crippen molar-refractivity contribution in [3.63, 3.8) is 0 Å². The van der Waals surface area contributed by atoms with Crippen LogP contribution in [-0.2, 0) is 16.7 Å². The van der Waals surface area contributed by atoms with Crippen molar-refractivity contribution in [2.75, 3.05) is 18.1 Å². The molecule has 6 nitrogen and oxygen atoms in total. The van der Waals surface area contributed by atoms with Crippen molar-refractivity contribution in [1.29, 1.82) is 0 Å². The van der Waals surface area contributed by atoms with Gasteiger partial charge in [0.25, 0.3) is 0 Å². The highest BCUT2D eigenvalue weighted by molar-refractivity contribution is 7.86. The number of benzene rings is 2. The van der Waals surface area contributed by atoms with Gasteiger partial charge in [-0.2, -0.15) is 8.42 Å². The molecule has 2 aromatic carbocycles. The molecule has 2 aromatic rings. The van der Waals surface area contributed by atoms with Crippen LogP contribution in [-0.4, -0.2) is 32.1 Å². The molecule has 0 aliphatic rings. The number of anilines is 1. The van der Waals surface area contributed by atoms with Gasteiger partial charge < -0.3 is 14.4 Å². The summed E-state index contributed by atoms with van der Waals surface area (Å²) in [6.07, 6.45) is 2.88. The minimum absolute atomic E-state index is 0.160. The third kappa shape index (κ3) is 7.77. The lowest BCUT2D eigenvalue weighted by molar-refractivity contribution is 0.208. The number of hydrogen-bond donors (Lipinski definition) is 1. The molecule has 0 aromatic heterocycles. The van der Waals surface area contributed by atoms with Crippen molar-refractivity contribution < 1.29 is 17.4 Å². The zero-order valence-corrected chi connectivity index (χ0v) is 18.3. The second-order valence-corrected chi connectivity index (χ2v) is 8.99. The monoisotopic (exact) mass is 418 g/mol. The highest BCUT2D eigenvalue weighted by atomic mass is 32.2. The summed E-state index contributed by atoms with van der Waals surface area (Å²) < 4.78 is 27.3. The summed E-state index contributed by atoms with van der Waals surface area (Å²) in [6, 6.07) is 14.5. The van der Waals surface area contributed by atoms with Gasteiger partial charge in [0.1, 0.15) is 5.75 Å². The maximum absolute atomic E-state index is 12.8. The van der Waals surface area contributed by atoms with Crippen molar-refractivity contribution in [2.45, 2.75) is 46.1 Å². The Morgan fingerprint density at radius 3 is 2.21 bits per heavy atom. The van der Waals surface area contributed by atoms with E-state index in [2.05, 4.69) is 26.1 Å². The second-order valence-electron chi connectivity index (χ2n) is 7.41. The maximum atomic E-state index is 12.8. The molecule has 0 aliphatic heterocycles. The quantitative estimate of drug-likeness (QED) is 0.583. The Bertz CT molecular complexity index is 891. The van der Waals surface area contributed by atoms with Gasteiger partial charge in [-0.05, 0) is 47.7 Å². The molecule has 7 heteroatoms. The average molecular weight is 419 g/mol. The van der Waals surface area contributed by atoms with E-state index in [9.17, 15) is 13.2 Å². The molecule has 0 spiro atoms. The number of hydrogen-bond acceptors (Lipinski definition) is 4. The van der Waals surface area contributed by atoms with Crippen LogP contribution in [0.3, 0.4) is 0 Å². The lowest BCUT2D eigenvalue weighted by Gasteiger charge is -2.23. The number of nitrogens with one attached hydrogen (secondary N) is 1. The molecule has 0 fully saturated rings. The number of nitrogens with zero attached hydrogens (tertiary/aromatic N) is 1. The molecule has 0 heterocycles. The zero-order valence-electron chi connectivity index (χ0n) is 17.5.